The predicted molar refractivity (Wildman–Crippen MR) is 77.0 cm³/mol. The van der Waals surface area contributed by atoms with Crippen LogP contribution in [0, 0.1) is 0 Å². The summed E-state index contributed by atoms with van der Waals surface area (Å²) in [4.78, 5) is 2.60. The Morgan fingerprint density at radius 2 is 1.90 bits per heavy atom. The number of rotatable bonds is 8. The molecule has 6 nitrogen and oxygen atoms in total. The minimum absolute atomic E-state index is 0.217. The number of hydrazine groups is 1. The molecule has 0 atom stereocenters. The van der Waals surface area contributed by atoms with Gasteiger partial charge in [-0.2, -0.15) is 0 Å². The molecular formula is C13H21N3O3S. The highest BCUT2D eigenvalue weighted by Crippen LogP contribution is 2.18. The van der Waals surface area contributed by atoms with Crippen LogP contribution >= 0.6 is 0 Å². The van der Waals surface area contributed by atoms with Gasteiger partial charge in [0.1, 0.15) is 12.4 Å². The van der Waals surface area contributed by atoms with Crippen molar-refractivity contribution < 1.29 is 13.2 Å². The maximum absolute atomic E-state index is 11.9. The second-order valence-corrected chi connectivity index (χ2v) is 6.70. The maximum Gasteiger partial charge on any atom is 0.253 e. The molecule has 0 heterocycles. The number of ether oxygens (including phenoxy) is 1. The molecule has 0 aromatic heterocycles. The number of nitrogens with one attached hydrogen (secondary N) is 2. The normalized spacial score (nSPS) is 15.6. The van der Waals surface area contributed by atoms with E-state index in [4.69, 9.17) is 4.74 Å². The van der Waals surface area contributed by atoms with E-state index in [9.17, 15) is 8.42 Å². The van der Waals surface area contributed by atoms with E-state index in [0.29, 0.717) is 18.4 Å². The molecule has 1 aromatic carbocycles. The van der Waals surface area contributed by atoms with E-state index in [1.807, 2.05) is 0 Å². The smallest absolute Gasteiger partial charge is 0.253 e. The average molecular weight is 299 g/mol. The largest absolute Gasteiger partial charge is 0.492 e. The predicted octanol–water partition coefficient (Wildman–Crippen LogP) is 0.572. The van der Waals surface area contributed by atoms with Crippen LogP contribution in [0.15, 0.2) is 29.2 Å². The second-order valence-electron chi connectivity index (χ2n) is 5.04. The lowest BCUT2D eigenvalue weighted by Gasteiger charge is -2.13. The summed E-state index contributed by atoms with van der Waals surface area (Å²) in [5, 5.41) is 4.74. The Hall–Kier alpha value is -1.15. The fourth-order valence-corrected chi connectivity index (χ4v) is 2.81. The van der Waals surface area contributed by atoms with E-state index in [1.165, 1.54) is 30.0 Å². The van der Waals surface area contributed by atoms with Crippen LogP contribution in [0.5, 0.6) is 5.75 Å². The summed E-state index contributed by atoms with van der Waals surface area (Å²) in [6.45, 7) is 1.39. The van der Waals surface area contributed by atoms with Crippen molar-refractivity contribution in [1.82, 2.24) is 15.2 Å². The minimum Gasteiger partial charge on any atom is -0.492 e. The first-order chi connectivity index (χ1) is 9.47. The first kappa shape index (κ1) is 15.2. The van der Waals surface area contributed by atoms with Gasteiger partial charge in [-0.1, -0.05) is 0 Å². The van der Waals surface area contributed by atoms with Crippen molar-refractivity contribution in [3.8, 4) is 5.75 Å². The molecule has 0 spiro atoms. The number of hydrogen-bond acceptors (Lipinski definition) is 5. The quantitative estimate of drug-likeness (QED) is 0.542. The first-order valence-corrected chi connectivity index (χ1v) is 8.12. The molecule has 20 heavy (non-hydrogen) atoms. The average Bonchev–Trinajstić information content (AvgIpc) is 3.18. The number of hydrogen-bond donors (Lipinski definition) is 2. The standard InChI is InChI=1S/C13H21N3O3S/c1-16(2)15-20(17,18)13-7-5-12(6-8-13)19-10-9-14-11-3-4-11/h5-8,11,14-15H,3-4,9-10H2,1-2H3. The van der Waals surface area contributed by atoms with Crippen molar-refractivity contribution in [1.29, 1.82) is 0 Å². The lowest BCUT2D eigenvalue weighted by Crippen LogP contribution is -2.36. The van der Waals surface area contributed by atoms with Crippen molar-refractivity contribution >= 4 is 10.0 Å². The molecule has 1 fully saturated rings. The Morgan fingerprint density at radius 3 is 2.45 bits per heavy atom. The molecule has 0 radical (unpaired) electrons. The van der Waals surface area contributed by atoms with Crippen LogP contribution in [0.4, 0.5) is 0 Å². The van der Waals surface area contributed by atoms with Gasteiger partial charge >= 0.3 is 0 Å². The van der Waals surface area contributed by atoms with Gasteiger partial charge in [-0.05, 0) is 37.1 Å². The highest BCUT2D eigenvalue weighted by Gasteiger charge is 2.19. The summed E-state index contributed by atoms with van der Waals surface area (Å²) in [7, 11) is -0.243. The van der Waals surface area contributed by atoms with Crippen LogP contribution in [0.25, 0.3) is 0 Å². The summed E-state index contributed by atoms with van der Waals surface area (Å²) >= 11 is 0. The molecule has 0 saturated heterocycles. The third-order valence-electron chi connectivity index (χ3n) is 2.82. The van der Waals surface area contributed by atoms with Crippen molar-refractivity contribution in [2.24, 2.45) is 0 Å². The number of nitrogens with zero attached hydrogens (tertiary/aromatic N) is 1. The number of benzene rings is 1. The van der Waals surface area contributed by atoms with Crippen molar-refractivity contribution in [3.63, 3.8) is 0 Å². The lowest BCUT2D eigenvalue weighted by molar-refractivity contribution is 0.313. The lowest BCUT2D eigenvalue weighted by atomic mass is 10.3. The molecule has 1 aromatic rings. The molecule has 0 bridgehead atoms. The molecule has 1 aliphatic rings. The molecule has 1 saturated carbocycles. The van der Waals surface area contributed by atoms with Gasteiger partial charge in [0, 0.05) is 26.7 Å². The van der Waals surface area contributed by atoms with E-state index in [0.717, 1.165) is 6.54 Å². The summed E-state index contributed by atoms with van der Waals surface area (Å²) < 4.78 is 29.3. The Kier molecular flexibility index (Phi) is 4.98. The van der Waals surface area contributed by atoms with Gasteiger partial charge in [0.15, 0.2) is 0 Å². The van der Waals surface area contributed by atoms with Crippen LogP contribution in [0.2, 0.25) is 0 Å². The topological polar surface area (TPSA) is 70.7 Å². The zero-order valence-electron chi connectivity index (χ0n) is 11.8. The van der Waals surface area contributed by atoms with E-state index in [1.54, 1.807) is 26.2 Å². The molecule has 7 heteroatoms. The van der Waals surface area contributed by atoms with E-state index < -0.39 is 10.0 Å². The SMILES string of the molecule is CN(C)NS(=O)(=O)c1ccc(OCCNC2CC2)cc1. The van der Waals surface area contributed by atoms with Crippen LogP contribution in [0.3, 0.4) is 0 Å². The molecule has 0 aliphatic heterocycles. The van der Waals surface area contributed by atoms with Gasteiger partial charge in [-0.15, -0.1) is 4.83 Å². The van der Waals surface area contributed by atoms with Gasteiger partial charge < -0.3 is 10.1 Å². The molecule has 112 valence electrons. The van der Waals surface area contributed by atoms with Crippen LogP contribution in [-0.2, 0) is 10.0 Å². The summed E-state index contributed by atoms with van der Waals surface area (Å²) in [6, 6.07) is 7.08. The first-order valence-electron chi connectivity index (χ1n) is 6.63. The highest BCUT2D eigenvalue weighted by atomic mass is 32.2. The van der Waals surface area contributed by atoms with E-state index >= 15 is 0 Å². The molecule has 0 unspecified atom stereocenters. The van der Waals surface area contributed by atoms with Crippen LogP contribution in [0.1, 0.15) is 12.8 Å². The number of sulfonamides is 1. The monoisotopic (exact) mass is 299 g/mol. The Labute approximate surface area is 120 Å². The van der Waals surface area contributed by atoms with Crippen molar-refractivity contribution in [2.45, 2.75) is 23.8 Å². The summed E-state index contributed by atoms with van der Waals surface area (Å²) in [6.07, 6.45) is 2.51. The summed E-state index contributed by atoms with van der Waals surface area (Å²) in [5.41, 5.74) is 0. The maximum atomic E-state index is 11.9. The highest BCUT2D eigenvalue weighted by molar-refractivity contribution is 7.89. The zero-order chi connectivity index (χ0) is 14.6. The van der Waals surface area contributed by atoms with Gasteiger partial charge in [0.2, 0.25) is 0 Å². The van der Waals surface area contributed by atoms with Gasteiger partial charge in [-0.3, -0.25) is 0 Å². The Morgan fingerprint density at radius 1 is 1.25 bits per heavy atom. The molecule has 2 rings (SSSR count). The fraction of sp³-hybridized carbons (Fsp3) is 0.538. The second kappa shape index (κ2) is 6.53. The molecular weight excluding hydrogens is 278 g/mol. The fourth-order valence-electron chi connectivity index (χ4n) is 1.73. The van der Waals surface area contributed by atoms with Crippen molar-refractivity contribution in [3.05, 3.63) is 24.3 Å². The van der Waals surface area contributed by atoms with Gasteiger partial charge in [0.05, 0.1) is 4.90 Å². The van der Waals surface area contributed by atoms with Crippen LogP contribution in [-0.4, -0.2) is 46.7 Å². The minimum atomic E-state index is -3.50. The Bertz CT molecular complexity index is 524. The molecule has 0 amide bonds. The summed E-state index contributed by atoms with van der Waals surface area (Å²) in [5.74, 6) is 0.673. The third-order valence-corrected chi connectivity index (χ3v) is 4.32. The Balaban J connectivity index is 1.85. The van der Waals surface area contributed by atoms with E-state index in [-0.39, 0.29) is 4.90 Å². The van der Waals surface area contributed by atoms with Crippen LogP contribution < -0.4 is 14.9 Å². The molecule has 1 aliphatic carbocycles. The van der Waals surface area contributed by atoms with Gasteiger partial charge in [0.25, 0.3) is 10.0 Å². The third kappa shape index (κ3) is 4.75. The zero-order valence-corrected chi connectivity index (χ0v) is 12.6. The van der Waals surface area contributed by atoms with E-state index in [2.05, 4.69) is 10.1 Å². The molecule has 2 N–H and O–H groups in total. The van der Waals surface area contributed by atoms with Gasteiger partial charge in [-0.25, -0.2) is 13.4 Å². The van der Waals surface area contributed by atoms with Crippen molar-refractivity contribution in [2.75, 3.05) is 27.2 Å².